The summed E-state index contributed by atoms with van der Waals surface area (Å²) in [5.41, 5.74) is 0.636. The molecule has 3 heterocycles. The molecule has 1 aromatic carbocycles. The highest BCUT2D eigenvalue weighted by Gasteiger charge is 2.23. The van der Waals surface area contributed by atoms with E-state index in [4.69, 9.17) is 25.8 Å². The first-order valence-electron chi connectivity index (χ1n) is 11.2. The minimum Gasteiger partial charge on any atom is -0.486 e. The van der Waals surface area contributed by atoms with Crippen molar-refractivity contribution in [3.05, 3.63) is 64.6 Å². The predicted molar refractivity (Wildman–Crippen MR) is 128 cm³/mol. The van der Waals surface area contributed by atoms with Crippen molar-refractivity contribution in [3.8, 4) is 0 Å². The fourth-order valence-corrected chi connectivity index (χ4v) is 3.94. The summed E-state index contributed by atoms with van der Waals surface area (Å²) in [6.07, 6.45) is 7.14. The molecular weight excluding hydrogens is 466 g/mol. The normalized spacial score (nSPS) is 22.9. The quantitative estimate of drug-likeness (QED) is 0.336. The summed E-state index contributed by atoms with van der Waals surface area (Å²) in [5, 5.41) is 5.63. The Morgan fingerprint density at radius 3 is 2.71 bits per heavy atom. The molecule has 1 atom stereocenters. The maximum Gasteiger partial charge on any atom is 0.168 e. The Morgan fingerprint density at radius 2 is 1.97 bits per heavy atom. The van der Waals surface area contributed by atoms with E-state index in [1.165, 1.54) is 12.4 Å². The van der Waals surface area contributed by atoms with Gasteiger partial charge in [0.05, 0.1) is 25.4 Å². The first-order valence-corrected chi connectivity index (χ1v) is 11.6. The molecule has 0 saturated carbocycles. The topological polar surface area (TPSA) is 76.5 Å². The van der Waals surface area contributed by atoms with Gasteiger partial charge in [-0.15, -0.1) is 0 Å². The number of ether oxygens (including phenoxy) is 3. The van der Waals surface area contributed by atoms with Crippen LogP contribution in [0, 0.1) is 11.6 Å². The lowest BCUT2D eigenvalue weighted by Gasteiger charge is -2.26. The lowest BCUT2D eigenvalue weighted by Crippen LogP contribution is -2.32. The van der Waals surface area contributed by atoms with Crippen molar-refractivity contribution in [1.82, 2.24) is 5.32 Å². The van der Waals surface area contributed by atoms with Gasteiger partial charge in [-0.05, 0) is 50.2 Å². The second-order valence-corrected chi connectivity index (χ2v) is 8.43. The number of piperidine rings is 1. The van der Waals surface area contributed by atoms with Crippen molar-refractivity contribution in [2.24, 2.45) is 9.98 Å². The summed E-state index contributed by atoms with van der Waals surface area (Å²) in [5.74, 6) is -0.406. The first kappa shape index (κ1) is 24.4. The number of amidine groups is 1. The van der Waals surface area contributed by atoms with Crippen LogP contribution in [0.3, 0.4) is 0 Å². The number of hydrogen-bond acceptors (Lipinski definition) is 7. The van der Waals surface area contributed by atoms with Crippen LogP contribution < -0.4 is 10.6 Å². The van der Waals surface area contributed by atoms with Crippen molar-refractivity contribution in [2.45, 2.75) is 31.5 Å². The van der Waals surface area contributed by atoms with Gasteiger partial charge in [0.25, 0.3) is 0 Å². The molecule has 0 amide bonds. The van der Waals surface area contributed by atoms with E-state index >= 15 is 0 Å². The van der Waals surface area contributed by atoms with Crippen molar-refractivity contribution >= 4 is 29.5 Å². The smallest absolute Gasteiger partial charge is 0.168 e. The van der Waals surface area contributed by atoms with E-state index in [-0.39, 0.29) is 24.4 Å². The van der Waals surface area contributed by atoms with Gasteiger partial charge in [0.2, 0.25) is 0 Å². The van der Waals surface area contributed by atoms with Gasteiger partial charge in [0.15, 0.2) is 17.3 Å². The number of nitrogens with one attached hydrogen (secondary N) is 2. The molecule has 10 heteroatoms. The number of benzene rings is 1. The highest BCUT2D eigenvalue weighted by Crippen LogP contribution is 2.27. The number of allylic oxidation sites excluding steroid dienone is 2. The molecule has 7 nitrogen and oxygen atoms in total. The average Bonchev–Trinajstić information content (AvgIpc) is 3.37. The summed E-state index contributed by atoms with van der Waals surface area (Å²) < 4.78 is 46.0. The Hall–Kier alpha value is -2.75. The number of anilines is 1. The van der Waals surface area contributed by atoms with Gasteiger partial charge in [0.1, 0.15) is 35.2 Å². The van der Waals surface area contributed by atoms with E-state index in [1.807, 2.05) is 0 Å². The lowest BCUT2D eigenvalue weighted by atomic mass is 10.1. The second kappa shape index (κ2) is 11.6. The van der Waals surface area contributed by atoms with Crippen molar-refractivity contribution < 1.29 is 23.0 Å². The van der Waals surface area contributed by atoms with Crippen LogP contribution >= 0.6 is 11.6 Å². The third-order valence-electron chi connectivity index (χ3n) is 5.62. The summed E-state index contributed by atoms with van der Waals surface area (Å²) in [7, 11) is 0. The second-order valence-electron chi connectivity index (χ2n) is 8.05. The van der Waals surface area contributed by atoms with Crippen molar-refractivity contribution in [2.75, 3.05) is 38.2 Å². The van der Waals surface area contributed by atoms with E-state index < -0.39 is 16.7 Å². The van der Waals surface area contributed by atoms with Gasteiger partial charge >= 0.3 is 0 Å². The highest BCUT2D eigenvalue weighted by atomic mass is 35.5. The minimum atomic E-state index is -0.899. The molecule has 1 aromatic rings. The number of aliphatic imine (C=N–C) groups is 2. The number of halogens is 3. The monoisotopic (exact) mass is 492 g/mol. The Labute approximate surface area is 202 Å². The number of nitrogens with zero attached hydrogens (tertiary/aromatic N) is 2. The van der Waals surface area contributed by atoms with Gasteiger partial charge in [-0.25, -0.2) is 13.8 Å². The first-order chi connectivity index (χ1) is 16.5. The zero-order valence-electron chi connectivity index (χ0n) is 18.7. The summed E-state index contributed by atoms with van der Waals surface area (Å²) in [6, 6.07) is 2.36. The Morgan fingerprint density at radius 1 is 1.18 bits per heavy atom. The van der Waals surface area contributed by atoms with E-state index in [0.717, 1.165) is 38.4 Å². The lowest BCUT2D eigenvalue weighted by molar-refractivity contribution is 0.0604. The maximum atomic E-state index is 14.5. The van der Waals surface area contributed by atoms with E-state index in [1.54, 1.807) is 12.2 Å². The molecule has 0 radical (unpaired) electrons. The molecule has 3 aliphatic rings. The third kappa shape index (κ3) is 6.02. The van der Waals surface area contributed by atoms with Crippen LogP contribution in [-0.2, 0) is 14.2 Å². The molecular formula is C24H27ClF2N4O3. The Bertz CT molecular complexity index is 1030. The highest BCUT2D eigenvalue weighted by molar-refractivity contribution is 6.31. The van der Waals surface area contributed by atoms with Crippen LogP contribution in [-0.4, -0.2) is 57.2 Å². The Kier molecular flexibility index (Phi) is 8.31. The Balaban J connectivity index is 1.64. The third-order valence-corrected chi connectivity index (χ3v) is 5.96. The molecule has 0 aromatic heterocycles. The van der Waals surface area contributed by atoms with Crippen molar-refractivity contribution in [3.63, 3.8) is 0 Å². The van der Waals surface area contributed by atoms with E-state index in [9.17, 15) is 8.78 Å². The predicted octanol–water partition coefficient (Wildman–Crippen LogP) is 4.37. The molecule has 0 bridgehead atoms. The van der Waals surface area contributed by atoms with Crippen LogP contribution in [0.4, 0.5) is 14.5 Å². The van der Waals surface area contributed by atoms with Gasteiger partial charge in [0, 0.05) is 12.0 Å². The molecule has 34 heavy (non-hydrogen) atoms. The molecule has 0 unspecified atom stereocenters. The molecule has 3 aliphatic heterocycles. The largest absolute Gasteiger partial charge is 0.486 e. The van der Waals surface area contributed by atoms with Crippen LogP contribution in [0.15, 0.2) is 57.9 Å². The van der Waals surface area contributed by atoms with E-state index in [0.29, 0.717) is 36.1 Å². The minimum absolute atomic E-state index is 0.000248. The van der Waals surface area contributed by atoms with Gasteiger partial charge in [-0.1, -0.05) is 18.2 Å². The SMILES string of the molecule is C=C/C(O[C@H]1CCOC1)=C(\C=C1/CN=CN=C1Nc1ccc(F)c(Cl)c1F)OC1CCNCC1. The van der Waals surface area contributed by atoms with Crippen LogP contribution in [0.2, 0.25) is 5.02 Å². The van der Waals surface area contributed by atoms with Crippen LogP contribution in [0.5, 0.6) is 0 Å². The van der Waals surface area contributed by atoms with E-state index in [2.05, 4.69) is 27.2 Å². The van der Waals surface area contributed by atoms with Gasteiger partial charge in [-0.3, -0.25) is 4.99 Å². The summed E-state index contributed by atoms with van der Waals surface area (Å²) in [6.45, 7) is 7.04. The molecule has 2 N–H and O–H groups in total. The molecule has 4 rings (SSSR count). The molecule has 182 valence electrons. The standard InChI is InChI=1S/C24H27ClF2N4O3/c1-2-20(34-17-7-10-32-13-17)21(33-16-5-8-28-9-6-16)11-15-12-29-14-30-24(15)31-19-4-3-18(26)22(25)23(19)27/h2-4,11,14,16-17,28H,1,5-10,12-13H2,(H,29,30,31)/b15-11+,21-20-/t17-/m0/s1. The fraction of sp³-hybridized carbons (Fsp3) is 0.417. The van der Waals surface area contributed by atoms with Gasteiger partial charge in [-0.2, -0.15) is 0 Å². The fourth-order valence-electron chi connectivity index (χ4n) is 3.78. The van der Waals surface area contributed by atoms with Crippen LogP contribution in [0.1, 0.15) is 19.3 Å². The molecule has 0 spiro atoms. The molecule has 0 aliphatic carbocycles. The maximum absolute atomic E-state index is 14.5. The zero-order valence-corrected chi connectivity index (χ0v) is 19.4. The molecule has 2 fully saturated rings. The van der Waals surface area contributed by atoms with Gasteiger partial charge < -0.3 is 24.8 Å². The number of rotatable bonds is 7. The average molecular weight is 493 g/mol. The molecule has 2 saturated heterocycles. The zero-order chi connectivity index (χ0) is 23.9. The summed E-state index contributed by atoms with van der Waals surface area (Å²) in [4.78, 5) is 8.47. The summed E-state index contributed by atoms with van der Waals surface area (Å²) >= 11 is 5.73. The van der Waals surface area contributed by atoms with Crippen molar-refractivity contribution in [1.29, 1.82) is 0 Å². The van der Waals surface area contributed by atoms with Crippen LogP contribution in [0.25, 0.3) is 0 Å². The number of hydrogen-bond donors (Lipinski definition) is 2.